The topological polar surface area (TPSA) is 68.2 Å². The fourth-order valence-corrected chi connectivity index (χ4v) is 2.32. The number of hydrogen-bond acceptors (Lipinski definition) is 4. The van der Waals surface area contributed by atoms with Gasteiger partial charge in [0.05, 0.1) is 17.6 Å². The van der Waals surface area contributed by atoms with Crippen LogP contribution >= 0.6 is 0 Å². The van der Waals surface area contributed by atoms with Crippen molar-refractivity contribution in [3.8, 4) is 0 Å². The maximum Gasteiger partial charge on any atom is 0.152 e. The molecule has 0 bridgehead atoms. The normalized spacial score (nSPS) is 25.8. The smallest absolute Gasteiger partial charge is 0.152 e. The lowest BCUT2D eigenvalue weighted by molar-refractivity contribution is 0.388. The molecule has 1 aliphatic heterocycles. The minimum atomic E-state index is 0.509. The minimum absolute atomic E-state index is 0.509. The molecular formula is C12H20N4. The number of pyridine rings is 1. The lowest BCUT2D eigenvalue weighted by Gasteiger charge is -2.38. The predicted octanol–water partition coefficient (Wildman–Crippen LogP) is 1.87. The highest BCUT2D eigenvalue weighted by molar-refractivity contribution is 5.67. The zero-order valence-electron chi connectivity index (χ0n) is 9.98. The van der Waals surface area contributed by atoms with Gasteiger partial charge in [0.25, 0.3) is 0 Å². The molecule has 1 aromatic heterocycles. The Kier molecular flexibility index (Phi) is 2.90. The predicted molar refractivity (Wildman–Crippen MR) is 68.3 cm³/mol. The minimum Gasteiger partial charge on any atom is -0.397 e. The Hall–Kier alpha value is -1.45. The van der Waals surface area contributed by atoms with Gasteiger partial charge < -0.3 is 16.4 Å². The lowest BCUT2D eigenvalue weighted by atomic mass is 9.95. The lowest BCUT2D eigenvalue weighted by Crippen LogP contribution is -2.41. The third-order valence-corrected chi connectivity index (χ3v) is 3.31. The Labute approximate surface area is 96.6 Å². The number of nitrogens with zero attached hydrogens (tertiary/aromatic N) is 2. The second-order valence-electron chi connectivity index (χ2n) is 4.87. The van der Waals surface area contributed by atoms with Gasteiger partial charge in [-0.15, -0.1) is 0 Å². The van der Waals surface area contributed by atoms with Crippen LogP contribution in [-0.2, 0) is 0 Å². The molecule has 1 fully saturated rings. The molecule has 0 radical (unpaired) electrons. The summed E-state index contributed by atoms with van der Waals surface area (Å²) in [6, 6.07) is 2.29. The molecule has 16 heavy (non-hydrogen) atoms. The maximum absolute atomic E-state index is 5.98. The highest BCUT2D eigenvalue weighted by Crippen LogP contribution is 2.30. The first kappa shape index (κ1) is 11.0. The van der Waals surface area contributed by atoms with Gasteiger partial charge in [-0.2, -0.15) is 0 Å². The van der Waals surface area contributed by atoms with Gasteiger partial charge in [0, 0.05) is 12.6 Å². The molecule has 88 valence electrons. The van der Waals surface area contributed by atoms with E-state index in [0.717, 1.165) is 12.4 Å². The molecule has 1 aliphatic rings. The summed E-state index contributed by atoms with van der Waals surface area (Å²) in [6.45, 7) is 5.53. The first-order chi connectivity index (χ1) is 7.58. The fraction of sp³-hybridized carbons (Fsp3) is 0.583. The zero-order chi connectivity index (χ0) is 11.7. The van der Waals surface area contributed by atoms with Crippen LogP contribution in [0.1, 0.15) is 26.7 Å². The quantitative estimate of drug-likeness (QED) is 0.758. The van der Waals surface area contributed by atoms with Crippen molar-refractivity contribution >= 4 is 17.2 Å². The van der Waals surface area contributed by atoms with E-state index >= 15 is 0 Å². The van der Waals surface area contributed by atoms with Crippen molar-refractivity contribution in [3.63, 3.8) is 0 Å². The van der Waals surface area contributed by atoms with Gasteiger partial charge in [0.2, 0.25) is 0 Å². The molecule has 4 N–H and O–H groups in total. The summed E-state index contributed by atoms with van der Waals surface area (Å²) in [6.07, 6.45) is 4.16. The van der Waals surface area contributed by atoms with E-state index in [1.54, 1.807) is 12.3 Å². The molecule has 0 aromatic carbocycles. The van der Waals surface area contributed by atoms with Crippen LogP contribution in [0.4, 0.5) is 17.2 Å². The Bertz CT molecular complexity index is 377. The van der Waals surface area contributed by atoms with Crippen LogP contribution in [0.15, 0.2) is 12.3 Å². The van der Waals surface area contributed by atoms with E-state index in [0.29, 0.717) is 23.3 Å². The van der Waals surface area contributed by atoms with Gasteiger partial charge in [-0.25, -0.2) is 4.98 Å². The van der Waals surface area contributed by atoms with E-state index in [1.165, 1.54) is 12.8 Å². The van der Waals surface area contributed by atoms with Crippen molar-refractivity contribution in [3.05, 3.63) is 12.3 Å². The highest BCUT2D eigenvalue weighted by Gasteiger charge is 2.25. The van der Waals surface area contributed by atoms with Crippen molar-refractivity contribution in [2.24, 2.45) is 5.92 Å². The van der Waals surface area contributed by atoms with E-state index < -0.39 is 0 Å². The van der Waals surface area contributed by atoms with Gasteiger partial charge in [-0.3, -0.25) is 0 Å². The molecule has 0 amide bonds. The van der Waals surface area contributed by atoms with E-state index in [9.17, 15) is 0 Å². The van der Waals surface area contributed by atoms with Crippen LogP contribution < -0.4 is 16.4 Å². The Balaban J connectivity index is 2.28. The Morgan fingerprint density at radius 1 is 1.31 bits per heavy atom. The summed E-state index contributed by atoms with van der Waals surface area (Å²) < 4.78 is 0. The summed E-state index contributed by atoms with van der Waals surface area (Å²) in [5, 5.41) is 0. The molecule has 0 saturated carbocycles. The van der Waals surface area contributed by atoms with E-state index in [1.807, 2.05) is 0 Å². The first-order valence-corrected chi connectivity index (χ1v) is 5.85. The van der Waals surface area contributed by atoms with Gasteiger partial charge in [-0.1, -0.05) is 6.92 Å². The highest BCUT2D eigenvalue weighted by atomic mass is 15.2. The van der Waals surface area contributed by atoms with E-state index in [-0.39, 0.29) is 0 Å². The van der Waals surface area contributed by atoms with E-state index in [4.69, 9.17) is 11.5 Å². The number of rotatable bonds is 1. The Morgan fingerprint density at radius 3 is 2.75 bits per heavy atom. The van der Waals surface area contributed by atoms with Gasteiger partial charge >= 0.3 is 0 Å². The van der Waals surface area contributed by atoms with Crippen LogP contribution in [0.25, 0.3) is 0 Å². The van der Waals surface area contributed by atoms with Gasteiger partial charge in [0.1, 0.15) is 0 Å². The van der Waals surface area contributed by atoms with Crippen molar-refractivity contribution in [1.29, 1.82) is 0 Å². The molecule has 4 nitrogen and oxygen atoms in total. The number of aromatic nitrogens is 1. The SMILES string of the molecule is CC1CCC(C)N(c2ncc(N)cc2N)C1. The second kappa shape index (κ2) is 4.20. The van der Waals surface area contributed by atoms with Crippen molar-refractivity contribution < 1.29 is 0 Å². The third-order valence-electron chi connectivity index (χ3n) is 3.31. The molecule has 1 aromatic rings. The molecule has 0 aliphatic carbocycles. The number of nitrogens with two attached hydrogens (primary N) is 2. The molecule has 2 atom stereocenters. The number of anilines is 3. The molecular weight excluding hydrogens is 200 g/mol. The second-order valence-corrected chi connectivity index (χ2v) is 4.87. The average molecular weight is 220 g/mol. The van der Waals surface area contributed by atoms with Crippen molar-refractivity contribution in [2.75, 3.05) is 22.9 Å². The standard InChI is InChI=1S/C12H20N4/c1-8-3-4-9(2)16(7-8)12-11(14)5-10(13)6-15-12/h5-6,8-9H,3-4,7,13-14H2,1-2H3. The van der Waals surface area contributed by atoms with Crippen LogP contribution in [0.5, 0.6) is 0 Å². The maximum atomic E-state index is 5.98. The number of nitrogen functional groups attached to an aromatic ring is 2. The monoisotopic (exact) mass is 220 g/mol. The fourth-order valence-electron chi connectivity index (χ4n) is 2.32. The summed E-state index contributed by atoms with van der Waals surface area (Å²) in [5.41, 5.74) is 12.9. The van der Waals surface area contributed by atoms with Crippen molar-refractivity contribution in [1.82, 2.24) is 4.98 Å². The van der Waals surface area contributed by atoms with Gasteiger partial charge in [0.15, 0.2) is 5.82 Å². The third kappa shape index (κ3) is 2.05. The molecule has 1 saturated heterocycles. The molecule has 2 heterocycles. The van der Waals surface area contributed by atoms with Gasteiger partial charge in [-0.05, 0) is 31.7 Å². The van der Waals surface area contributed by atoms with Crippen molar-refractivity contribution in [2.45, 2.75) is 32.7 Å². The molecule has 0 spiro atoms. The van der Waals surface area contributed by atoms with Crippen LogP contribution in [0, 0.1) is 5.92 Å². The largest absolute Gasteiger partial charge is 0.397 e. The Morgan fingerprint density at radius 2 is 2.06 bits per heavy atom. The number of hydrogen-bond donors (Lipinski definition) is 2. The van der Waals surface area contributed by atoms with Crippen LogP contribution in [-0.4, -0.2) is 17.6 Å². The average Bonchev–Trinajstić information content (AvgIpc) is 2.22. The molecule has 2 rings (SSSR count). The summed E-state index contributed by atoms with van der Waals surface area (Å²) in [4.78, 5) is 6.66. The molecule has 2 unspecified atom stereocenters. The van der Waals surface area contributed by atoms with E-state index in [2.05, 4.69) is 23.7 Å². The van der Waals surface area contributed by atoms with Crippen LogP contribution in [0.3, 0.4) is 0 Å². The summed E-state index contributed by atoms with van der Waals surface area (Å²) >= 11 is 0. The zero-order valence-corrected chi connectivity index (χ0v) is 9.98. The van der Waals surface area contributed by atoms with Crippen LogP contribution in [0.2, 0.25) is 0 Å². The summed E-state index contributed by atoms with van der Waals surface area (Å²) in [7, 11) is 0. The first-order valence-electron chi connectivity index (χ1n) is 5.85. The molecule has 4 heteroatoms. The summed E-state index contributed by atoms with van der Waals surface area (Å²) in [5.74, 6) is 1.59. The number of piperidine rings is 1.